The summed E-state index contributed by atoms with van der Waals surface area (Å²) in [5, 5.41) is 3.39. The van der Waals surface area contributed by atoms with E-state index in [4.69, 9.17) is 0 Å². The minimum absolute atomic E-state index is 0. The van der Waals surface area contributed by atoms with Crippen LogP contribution in [0.5, 0.6) is 0 Å². The molecule has 0 aromatic carbocycles. The highest BCUT2D eigenvalue weighted by Gasteiger charge is 2.15. The van der Waals surface area contributed by atoms with Crippen molar-refractivity contribution >= 4 is 18.2 Å². The number of hydrogen-bond acceptors (Lipinski definition) is 2. The molecule has 1 saturated heterocycles. The molecular formula is C9H18ClNO. The molecule has 12 heavy (non-hydrogen) atoms. The molecule has 2 nitrogen and oxygen atoms in total. The van der Waals surface area contributed by atoms with Gasteiger partial charge in [-0.1, -0.05) is 13.3 Å². The van der Waals surface area contributed by atoms with E-state index in [0.717, 1.165) is 32.2 Å². The number of ketones is 1. The number of halogens is 1. The summed E-state index contributed by atoms with van der Waals surface area (Å²) in [5.74, 6) is 0.438. The molecule has 0 spiro atoms. The van der Waals surface area contributed by atoms with Gasteiger partial charge in [-0.25, -0.2) is 0 Å². The highest BCUT2D eigenvalue weighted by Crippen LogP contribution is 2.08. The van der Waals surface area contributed by atoms with E-state index >= 15 is 0 Å². The number of rotatable bonds is 2. The van der Waals surface area contributed by atoms with Crippen LogP contribution in [0.15, 0.2) is 0 Å². The molecular weight excluding hydrogens is 174 g/mol. The van der Waals surface area contributed by atoms with Crippen LogP contribution in [-0.4, -0.2) is 18.4 Å². The normalized spacial score (nSPS) is 24.4. The molecule has 1 aliphatic heterocycles. The molecule has 1 heterocycles. The summed E-state index contributed by atoms with van der Waals surface area (Å²) in [7, 11) is 0. The Kier molecular flexibility index (Phi) is 6.39. The summed E-state index contributed by atoms with van der Waals surface area (Å²) in [6, 6.07) is 0.468. The van der Waals surface area contributed by atoms with Crippen molar-refractivity contribution in [3.05, 3.63) is 0 Å². The lowest BCUT2D eigenvalue weighted by Crippen LogP contribution is -2.28. The first-order valence-electron chi connectivity index (χ1n) is 4.58. The SMILES string of the molecule is CCCC1CC(=O)CCCN1.Cl. The molecule has 3 heteroatoms. The van der Waals surface area contributed by atoms with Crippen molar-refractivity contribution in [3.63, 3.8) is 0 Å². The van der Waals surface area contributed by atoms with Gasteiger partial charge in [0, 0.05) is 18.9 Å². The summed E-state index contributed by atoms with van der Waals surface area (Å²) >= 11 is 0. The molecule has 0 aliphatic carbocycles. The Hall–Kier alpha value is -0.0800. The molecule has 72 valence electrons. The number of carbonyl (C=O) groups is 1. The van der Waals surface area contributed by atoms with Crippen molar-refractivity contribution in [3.8, 4) is 0 Å². The van der Waals surface area contributed by atoms with Gasteiger partial charge in [-0.3, -0.25) is 4.79 Å². The third-order valence-electron chi connectivity index (χ3n) is 2.18. The number of Topliss-reactive ketones (excluding diaryl/α,β-unsaturated/α-hetero) is 1. The predicted molar refractivity (Wildman–Crippen MR) is 52.8 cm³/mol. The second-order valence-electron chi connectivity index (χ2n) is 3.29. The zero-order valence-corrected chi connectivity index (χ0v) is 8.45. The van der Waals surface area contributed by atoms with Gasteiger partial charge in [-0.15, -0.1) is 12.4 Å². The zero-order valence-electron chi connectivity index (χ0n) is 7.64. The highest BCUT2D eigenvalue weighted by atomic mass is 35.5. The fourth-order valence-corrected chi connectivity index (χ4v) is 1.59. The number of carbonyl (C=O) groups excluding carboxylic acids is 1. The quantitative estimate of drug-likeness (QED) is 0.723. The van der Waals surface area contributed by atoms with E-state index in [2.05, 4.69) is 12.2 Å². The Morgan fingerprint density at radius 2 is 2.33 bits per heavy atom. The Morgan fingerprint density at radius 1 is 1.58 bits per heavy atom. The van der Waals surface area contributed by atoms with Gasteiger partial charge in [0.1, 0.15) is 5.78 Å². The molecule has 0 aromatic heterocycles. The van der Waals surface area contributed by atoms with Gasteiger partial charge >= 0.3 is 0 Å². The zero-order chi connectivity index (χ0) is 8.10. The Morgan fingerprint density at radius 3 is 3.00 bits per heavy atom. The Labute approximate surface area is 80.5 Å². The molecule has 0 saturated carbocycles. The maximum Gasteiger partial charge on any atom is 0.134 e. The van der Waals surface area contributed by atoms with Crippen molar-refractivity contribution in [1.29, 1.82) is 0 Å². The Balaban J connectivity index is 0.00000121. The van der Waals surface area contributed by atoms with E-state index in [1.807, 2.05) is 0 Å². The second kappa shape index (κ2) is 6.44. The monoisotopic (exact) mass is 191 g/mol. The lowest BCUT2D eigenvalue weighted by Gasteiger charge is -2.12. The van der Waals surface area contributed by atoms with Gasteiger partial charge in [0.05, 0.1) is 0 Å². The van der Waals surface area contributed by atoms with E-state index in [9.17, 15) is 4.79 Å². The first kappa shape index (κ1) is 11.9. The third-order valence-corrected chi connectivity index (χ3v) is 2.18. The average molecular weight is 192 g/mol. The molecule has 0 bridgehead atoms. The van der Waals surface area contributed by atoms with Gasteiger partial charge in [0.25, 0.3) is 0 Å². The summed E-state index contributed by atoms with van der Waals surface area (Å²) < 4.78 is 0. The first-order chi connectivity index (χ1) is 5.33. The summed E-state index contributed by atoms with van der Waals surface area (Å²) in [6.07, 6.45) is 4.89. The molecule has 0 aromatic rings. The van der Waals surface area contributed by atoms with Crippen molar-refractivity contribution in [1.82, 2.24) is 5.32 Å². The molecule has 1 N–H and O–H groups in total. The van der Waals surface area contributed by atoms with Gasteiger partial charge in [-0.2, -0.15) is 0 Å². The van der Waals surface area contributed by atoms with Gasteiger partial charge in [0.15, 0.2) is 0 Å². The van der Waals surface area contributed by atoms with Gasteiger partial charge < -0.3 is 5.32 Å². The van der Waals surface area contributed by atoms with Crippen LogP contribution >= 0.6 is 12.4 Å². The average Bonchev–Trinajstić information content (AvgIpc) is 2.15. The minimum Gasteiger partial charge on any atom is -0.314 e. The molecule has 1 rings (SSSR count). The van der Waals surface area contributed by atoms with Crippen LogP contribution in [0.1, 0.15) is 39.0 Å². The van der Waals surface area contributed by atoms with E-state index in [0.29, 0.717) is 11.8 Å². The van der Waals surface area contributed by atoms with Crippen LogP contribution in [0.4, 0.5) is 0 Å². The smallest absolute Gasteiger partial charge is 0.134 e. The summed E-state index contributed by atoms with van der Waals surface area (Å²) in [4.78, 5) is 11.1. The topological polar surface area (TPSA) is 29.1 Å². The molecule has 0 radical (unpaired) electrons. The van der Waals surface area contributed by atoms with Crippen molar-refractivity contribution in [2.24, 2.45) is 0 Å². The van der Waals surface area contributed by atoms with E-state index in [1.54, 1.807) is 0 Å². The van der Waals surface area contributed by atoms with E-state index in [1.165, 1.54) is 6.42 Å². The summed E-state index contributed by atoms with van der Waals surface area (Å²) in [5.41, 5.74) is 0. The summed E-state index contributed by atoms with van der Waals surface area (Å²) in [6.45, 7) is 3.19. The van der Waals surface area contributed by atoms with Crippen molar-refractivity contribution < 1.29 is 4.79 Å². The molecule has 0 amide bonds. The first-order valence-corrected chi connectivity index (χ1v) is 4.58. The van der Waals surface area contributed by atoms with Crippen molar-refractivity contribution in [2.75, 3.05) is 6.54 Å². The third kappa shape index (κ3) is 4.07. The minimum atomic E-state index is 0. The fraction of sp³-hybridized carbons (Fsp3) is 0.889. The maximum atomic E-state index is 11.1. The van der Waals surface area contributed by atoms with Crippen LogP contribution in [-0.2, 0) is 4.79 Å². The maximum absolute atomic E-state index is 11.1. The molecule has 1 atom stereocenters. The second-order valence-corrected chi connectivity index (χ2v) is 3.29. The Bertz CT molecular complexity index is 138. The van der Waals surface area contributed by atoms with Crippen LogP contribution in [0.25, 0.3) is 0 Å². The number of nitrogens with one attached hydrogen (secondary N) is 1. The van der Waals surface area contributed by atoms with Crippen LogP contribution < -0.4 is 5.32 Å². The fourth-order valence-electron chi connectivity index (χ4n) is 1.59. The van der Waals surface area contributed by atoms with Gasteiger partial charge in [0.2, 0.25) is 0 Å². The standard InChI is InChI=1S/C9H17NO.ClH/c1-2-4-8-7-9(11)5-3-6-10-8;/h8,10H,2-7H2,1H3;1H. The van der Waals surface area contributed by atoms with Crippen LogP contribution in [0.3, 0.4) is 0 Å². The van der Waals surface area contributed by atoms with E-state index in [-0.39, 0.29) is 12.4 Å². The number of hydrogen-bond donors (Lipinski definition) is 1. The van der Waals surface area contributed by atoms with Crippen LogP contribution in [0.2, 0.25) is 0 Å². The van der Waals surface area contributed by atoms with Crippen molar-refractivity contribution in [2.45, 2.75) is 45.1 Å². The lowest BCUT2D eigenvalue weighted by atomic mass is 10.1. The molecule has 1 aliphatic rings. The highest BCUT2D eigenvalue weighted by molar-refractivity contribution is 5.85. The lowest BCUT2D eigenvalue weighted by molar-refractivity contribution is -0.119. The molecule has 1 unspecified atom stereocenters. The van der Waals surface area contributed by atoms with E-state index < -0.39 is 0 Å². The largest absolute Gasteiger partial charge is 0.314 e. The molecule has 1 fully saturated rings. The predicted octanol–water partition coefficient (Wildman–Crippen LogP) is 1.92. The van der Waals surface area contributed by atoms with Crippen LogP contribution in [0, 0.1) is 0 Å². The van der Waals surface area contributed by atoms with Gasteiger partial charge in [-0.05, 0) is 19.4 Å².